The van der Waals surface area contributed by atoms with Crippen molar-refractivity contribution in [3.05, 3.63) is 28.8 Å². The van der Waals surface area contributed by atoms with Crippen LogP contribution in [0, 0.1) is 0 Å². The molecule has 0 aromatic heterocycles. The van der Waals surface area contributed by atoms with Crippen molar-refractivity contribution in [1.29, 1.82) is 0 Å². The summed E-state index contributed by atoms with van der Waals surface area (Å²) >= 11 is 5.93. The number of benzene rings is 1. The van der Waals surface area contributed by atoms with Gasteiger partial charge in [0.2, 0.25) is 0 Å². The van der Waals surface area contributed by atoms with Crippen molar-refractivity contribution in [2.45, 2.75) is 19.8 Å². The highest BCUT2D eigenvalue weighted by Crippen LogP contribution is 2.22. The minimum absolute atomic E-state index is 0. The van der Waals surface area contributed by atoms with E-state index in [4.69, 9.17) is 17.3 Å². The zero-order valence-electron chi connectivity index (χ0n) is 7.01. The van der Waals surface area contributed by atoms with Crippen LogP contribution in [0.5, 0.6) is 0 Å². The van der Waals surface area contributed by atoms with E-state index in [1.54, 1.807) is 0 Å². The second kappa shape index (κ2) is 5.28. The maximum atomic E-state index is 5.93. The van der Waals surface area contributed by atoms with Gasteiger partial charge in [0.1, 0.15) is 0 Å². The zero-order chi connectivity index (χ0) is 8.27. The quantitative estimate of drug-likeness (QED) is 0.738. The highest BCUT2D eigenvalue weighted by Gasteiger charge is 2.01. The lowest BCUT2D eigenvalue weighted by Gasteiger charge is -2.04. The monoisotopic (exact) mass is 205 g/mol. The number of halogens is 2. The minimum atomic E-state index is 0. The van der Waals surface area contributed by atoms with Gasteiger partial charge in [0.05, 0.1) is 0 Å². The standard InChI is InChI=1S/C9H12ClN.ClH/c1-2-4-7-8(10)5-3-6-9(7)11;/h3,5-6H,2,4,11H2,1H3;1H. The van der Waals surface area contributed by atoms with E-state index < -0.39 is 0 Å². The molecule has 0 heterocycles. The van der Waals surface area contributed by atoms with Crippen LogP contribution in [0.25, 0.3) is 0 Å². The number of nitrogen functional groups attached to an aromatic ring is 1. The Balaban J connectivity index is 0.00000121. The molecule has 0 spiro atoms. The molecule has 0 radical (unpaired) electrons. The van der Waals surface area contributed by atoms with Gasteiger partial charge in [-0.15, -0.1) is 12.4 Å². The van der Waals surface area contributed by atoms with E-state index in [2.05, 4.69) is 6.92 Å². The summed E-state index contributed by atoms with van der Waals surface area (Å²) in [5, 5.41) is 0.784. The predicted octanol–water partition coefficient (Wildman–Crippen LogP) is 3.30. The van der Waals surface area contributed by atoms with Crippen molar-refractivity contribution in [2.75, 3.05) is 5.73 Å². The summed E-state index contributed by atoms with van der Waals surface area (Å²) in [5.41, 5.74) is 7.61. The SMILES string of the molecule is CCCc1c(N)cccc1Cl.Cl. The molecule has 0 fully saturated rings. The van der Waals surface area contributed by atoms with Crippen LogP contribution in [0.4, 0.5) is 5.69 Å². The lowest BCUT2D eigenvalue weighted by Crippen LogP contribution is -1.94. The van der Waals surface area contributed by atoms with E-state index in [1.807, 2.05) is 18.2 Å². The third kappa shape index (κ3) is 2.58. The average molecular weight is 206 g/mol. The second-order valence-electron chi connectivity index (χ2n) is 2.56. The summed E-state index contributed by atoms with van der Waals surface area (Å²) in [6.07, 6.45) is 2.04. The first-order chi connectivity index (χ1) is 5.25. The molecule has 0 aliphatic carbocycles. The fourth-order valence-electron chi connectivity index (χ4n) is 1.09. The molecule has 0 saturated heterocycles. The first kappa shape index (κ1) is 11.6. The zero-order valence-corrected chi connectivity index (χ0v) is 8.58. The van der Waals surface area contributed by atoms with Gasteiger partial charge in [-0.2, -0.15) is 0 Å². The maximum Gasteiger partial charge on any atom is 0.0458 e. The van der Waals surface area contributed by atoms with Crippen LogP contribution in [0.3, 0.4) is 0 Å². The maximum absolute atomic E-state index is 5.93. The van der Waals surface area contributed by atoms with Gasteiger partial charge in [-0.05, 0) is 24.1 Å². The number of rotatable bonds is 2. The summed E-state index contributed by atoms with van der Waals surface area (Å²) in [7, 11) is 0. The lowest BCUT2D eigenvalue weighted by atomic mass is 10.1. The Morgan fingerprint density at radius 3 is 2.58 bits per heavy atom. The third-order valence-electron chi connectivity index (χ3n) is 1.66. The normalized spacial score (nSPS) is 9.17. The summed E-state index contributed by atoms with van der Waals surface area (Å²) in [4.78, 5) is 0. The Hall–Kier alpha value is -0.400. The van der Waals surface area contributed by atoms with E-state index in [0.29, 0.717) is 0 Å². The molecule has 0 saturated carbocycles. The molecule has 0 bridgehead atoms. The Morgan fingerprint density at radius 2 is 2.08 bits per heavy atom. The van der Waals surface area contributed by atoms with Crippen LogP contribution < -0.4 is 5.73 Å². The Labute approximate surface area is 84.3 Å². The summed E-state index contributed by atoms with van der Waals surface area (Å²) in [6.45, 7) is 2.11. The highest BCUT2D eigenvalue weighted by atomic mass is 35.5. The van der Waals surface area contributed by atoms with Crippen LogP contribution >= 0.6 is 24.0 Å². The van der Waals surface area contributed by atoms with Crippen LogP contribution in [-0.4, -0.2) is 0 Å². The Kier molecular flexibility index (Phi) is 5.11. The van der Waals surface area contributed by atoms with E-state index in [9.17, 15) is 0 Å². The fraction of sp³-hybridized carbons (Fsp3) is 0.333. The van der Waals surface area contributed by atoms with Crippen LogP contribution in [0.15, 0.2) is 18.2 Å². The molecule has 1 rings (SSSR count). The largest absolute Gasteiger partial charge is 0.398 e. The average Bonchev–Trinajstić information content (AvgIpc) is 1.97. The molecule has 68 valence electrons. The number of hydrogen-bond donors (Lipinski definition) is 1. The minimum Gasteiger partial charge on any atom is -0.398 e. The molecular weight excluding hydrogens is 193 g/mol. The van der Waals surface area contributed by atoms with E-state index in [0.717, 1.165) is 29.1 Å². The Bertz CT molecular complexity index is 228. The van der Waals surface area contributed by atoms with Crippen molar-refractivity contribution in [3.63, 3.8) is 0 Å². The van der Waals surface area contributed by atoms with Crippen molar-refractivity contribution < 1.29 is 0 Å². The topological polar surface area (TPSA) is 26.0 Å². The molecule has 0 aliphatic rings. The highest BCUT2D eigenvalue weighted by molar-refractivity contribution is 6.31. The second-order valence-corrected chi connectivity index (χ2v) is 2.96. The van der Waals surface area contributed by atoms with Gasteiger partial charge in [0.25, 0.3) is 0 Å². The van der Waals surface area contributed by atoms with Crippen LogP contribution in [0.2, 0.25) is 5.02 Å². The van der Waals surface area contributed by atoms with E-state index in [1.165, 1.54) is 0 Å². The number of anilines is 1. The molecule has 1 nitrogen and oxygen atoms in total. The molecular formula is C9H13Cl2N. The summed E-state index contributed by atoms with van der Waals surface area (Å²) in [5.74, 6) is 0. The van der Waals surface area contributed by atoms with Gasteiger partial charge in [-0.25, -0.2) is 0 Å². The first-order valence-electron chi connectivity index (χ1n) is 3.78. The van der Waals surface area contributed by atoms with Crippen molar-refractivity contribution in [1.82, 2.24) is 0 Å². The number of hydrogen-bond acceptors (Lipinski definition) is 1. The molecule has 12 heavy (non-hydrogen) atoms. The van der Waals surface area contributed by atoms with Gasteiger partial charge < -0.3 is 5.73 Å². The number of nitrogens with two attached hydrogens (primary N) is 1. The molecule has 0 unspecified atom stereocenters. The predicted molar refractivity (Wildman–Crippen MR) is 57.1 cm³/mol. The van der Waals surface area contributed by atoms with E-state index in [-0.39, 0.29) is 12.4 Å². The van der Waals surface area contributed by atoms with Crippen LogP contribution in [-0.2, 0) is 6.42 Å². The van der Waals surface area contributed by atoms with Gasteiger partial charge in [0.15, 0.2) is 0 Å². The van der Waals surface area contributed by atoms with E-state index >= 15 is 0 Å². The first-order valence-corrected chi connectivity index (χ1v) is 4.16. The molecule has 0 amide bonds. The fourth-order valence-corrected chi connectivity index (χ4v) is 1.37. The molecule has 1 aromatic carbocycles. The van der Waals surface area contributed by atoms with Crippen LogP contribution in [0.1, 0.15) is 18.9 Å². The smallest absolute Gasteiger partial charge is 0.0458 e. The molecule has 0 aliphatic heterocycles. The van der Waals surface area contributed by atoms with Gasteiger partial charge in [-0.3, -0.25) is 0 Å². The summed E-state index contributed by atoms with van der Waals surface area (Å²) < 4.78 is 0. The van der Waals surface area contributed by atoms with Gasteiger partial charge in [0, 0.05) is 10.7 Å². The van der Waals surface area contributed by atoms with Crippen molar-refractivity contribution in [3.8, 4) is 0 Å². The lowest BCUT2D eigenvalue weighted by molar-refractivity contribution is 0.924. The summed E-state index contributed by atoms with van der Waals surface area (Å²) in [6, 6.07) is 5.64. The molecule has 3 heteroatoms. The molecule has 2 N–H and O–H groups in total. The van der Waals surface area contributed by atoms with Crippen molar-refractivity contribution in [2.24, 2.45) is 0 Å². The van der Waals surface area contributed by atoms with Gasteiger partial charge >= 0.3 is 0 Å². The third-order valence-corrected chi connectivity index (χ3v) is 2.01. The molecule has 0 atom stereocenters. The van der Waals surface area contributed by atoms with Gasteiger partial charge in [-0.1, -0.05) is 31.0 Å². The molecule has 1 aromatic rings. The Morgan fingerprint density at radius 1 is 1.42 bits per heavy atom. The van der Waals surface area contributed by atoms with Crippen molar-refractivity contribution >= 4 is 29.7 Å².